The Morgan fingerprint density at radius 3 is 2.65 bits per heavy atom. The van der Waals surface area contributed by atoms with Gasteiger partial charge in [0.15, 0.2) is 5.78 Å². The monoisotopic (exact) mass is 610 g/mol. The Bertz CT molecular complexity index is 1650. The van der Waals surface area contributed by atoms with Gasteiger partial charge in [-0.05, 0) is 47.3 Å². The third kappa shape index (κ3) is 6.07. The molecule has 6 rings (SSSR count). The number of carbonyl (C=O) groups excluding carboxylic acids is 2. The fourth-order valence-corrected chi connectivity index (χ4v) is 6.32. The topological polar surface area (TPSA) is 119 Å². The number of aliphatic hydroxyl groups excluding tert-OH is 1. The predicted molar refractivity (Wildman–Crippen MR) is 159 cm³/mol. The second-order valence-electron chi connectivity index (χ2n) is 10.5. The van der Waals surface area contributed by atoms with Gasteiger partial charge >= 0.3 is 6.18 Å². The van der Waals surface area contributed by atoms with Crippen molar-refractivity contribution in [2.24, 2.45) is 0 Å². The molecule has 2 aromatic carbocycles. The number of benzene rings is 2. The minimum atomic E-state index is -4.69. The molecular formula is C30H29F3N6O3S. The van der Waals surface area contributed by atoms with Gasteiger partial charge in [-0.1, -0.05) is 18.2 Å². The Hall–Kier alpha value is -4.04. The van der Waals surface area contributed by atoms with E-state index in [9.17, 15) is 27.9 Å². The number of anilines is 3. The quantitative estimate of drug-likeness (QED) is 0.202. The van der Waals surface area contributed by atoms with Crippen LogP contribution >= 0.6 is 11.3 Å². The molecule has 2 fully saturated rings. The van der Waals surface area contributed by atoms with Gasteiger partial charge in [0.2, 0.25) is 0 Å². The number of amides is 1. The van der Waals surface area contributed by atoms with Gasteiger partial charge in [0, 0.05) is 55.7 Å². The summed E-state index contributed by atoms with van der Waals surface area (Å²) in [6, 6.07) is 13.1. The van der Waals surface area contributed by atoms with Crippen LogP contribution in [0.1, 0.15) is 20.8 Å². The van der Waals surface area contributed by atoms with E-state index in [1.165, 1.54) is 6.07 Å². The van der Waals surface area contributed by atoms with E-state index in [0.29, 0.717) is 43.3 Å². The number of Topliss-reactive ketones (excluding diaryl/α,β-unsaturated/α-hetero) is 1. The summed E-state index contributed by atoms with van der Waals surface area (Å²) in [6.07, 6.45) is -4.32. The van der Waals surface area contributed by atoms with E-state index in [4.69, 9.17) is 0 Å². The number of carbonyl (C=O) groups is 2. The number of nitrogens with zero attached hydrogens (tertiary/aromatic N) is 2. The number of thiophene rings is 1. The maximum absolute atomic E-state index is 13.9. The first kappa shape index (κ1) is 29.1. The van der Waals surface area contributed by atoms with Crippen molar-refractivity contribution in [2.75, 3.05) is 42.1 Å². The van der Waals surface area contributed by atoms with Crippen molar-refractivity contribution in [1.29, 1.82) is 0 Å². The van der Waals surface area contributed by atoms with Crippen molar-refractivity contribution < 1.29 is 27.9 Å². The number of piperazine rings is 1. The van der Waals surface area contributed by atoms with Crippen molar-refractivity contribution in [2.45, 2.75) is 30.9 Å². The molecule has 2 aliphatic rings. The molecule has 13 heteroatoms. The first-order chi connectivity index (χ1) is 20.7. The van der Waals surface area contributed by atoms with E-state index in [-0.39, 0.29) is 17.2 Å². The molecule has 9 nitrogen and oxygen atoms in total. The molecule has 1 aliphatic carbocycles. The number of aliphatic hydroxyl groups is 1. The van der Waals surface area contributed by atoms with Gasteiger partial charge in [-0.2, -0.15) is 13.2 Å². The molecule has 1 aliphatic heterocycles. The third-order valence-electron chi connectivity index (χ3n) is 7.74. The number of hydrogen-bond acceptors (Lipinski definition) is 9. The number of rotatable bonds is 8. The van der Waals surface area contributed by atoms with Crippen LogP contribution in [0.5, 0.6) is 0 Å². The van der Waals surface area contributed by atoms with E-state index in [2.05, 4.69) is 26.3 Å². The first-order valence-corrected chi connectivity index (χ1v) is 14.7. The molecule has 4 aromatic rings. The van der Waals surface area contributed by atoms with Gasteiger partial charge in [-0.25, -0.2) is 0 Å². The highest BCUT2D eigenvalue weighted by atomic mass is 32.1. The van der Waals surface area contributed by atoms with Crippen LogP contribution in [0, 0.1) is 0 Å². The Morgan fingerprint density at radius 1 is 1.09 bits per heavy atom. The molecular weight excluding hydrogens is 581 g/mol. The zero-order chi connectivity index (χ0) is 30.1. The van der Waals surface area contributed by atoms with E-state index in [1.807, 2.05) is 35.2 Å². The second-order valence-corrected chi connectivity index (χ2v) is 11.4. The molecule has 0 radical (unpaired) electrons. The number of aromatic nitrogens is 1. The van der Waals surface area contributed by atoms with Gasteiger partial charge in [-0.3, -0.25) is 19.5 Å². The summed E-state index contributed by atoms with van der Waals surface area (Å²) < 4.78 is 41.6. The predicted octanol–water partition coefficient (Wildman–Crippen LogP) is 4.18. The standard InChI is InChI=1S/C30H29F3N6O3S/c31-30(32,33)18-13-19(37-24-25(27(41)26(24)40)39-10-8-34-9-11-39)15-20(14-18)38-29(42)28-23(6-12-43-28)36-16-17-5-7-35-22-4-2-1-3-21(17)22/h1-7,12-15,24-26,34,36-37,40H,8-11,16H2,(H,38,42). The highest BCUT2D eigenvalue weighted by Crippen LogP contribution is 2.36. The molecule has 2 aromatic heterocycles. The number of halogens is 3. The highest BCUT2D eigenvalue weighted by Gasteiger charge is 2.52. The van der Waals surface area contributed by atoms with Crippen molar-refractivity contribution in [3.63, 3.8) is 0 Å². The number of fused-ring (bicyclic) bond motifs is 1. The Balaban J connectivity index is 1.20. The summed E-state index contributed by atoms with van der Waals surface area (Å²) in [6.45, 7) is 2.92. The van der Waals surface area contributed by atoms with Gasteiger partial charge in [-0.15, -0.1) is 11.3 Å². The number of hydrogen-bond donors (Lipinski definition) is 5. The minimum absolute atomic E-state index is 0.0379. The molecule has 1 amide bonds. The van der Waals surface area contributed by atoms with E-state index in [0.717, 1.165) is 39.9 Å². The maximum atomic E-state index is 13.9. The van der Waals surface area contributed by atoms with Crippen LogP contribution in [0.25, 0.3) is 10.9 Å². The van der Waals surface area contributed by atoms with E-state index in [1.54, 1.807) is 17.6 Å². The average molecular weight is 611 g/mol. The zero-order valence-corrected chi connectivity index (χ0v) is 23.6. The lowest BCUT2D eigenvalue weighted by molar-refractivity contribution is -0.147. The number of ketones is 1. The number of pyridine rings is 1. The zero-order valence-electron chi connectivity index (χ0n) is 22.8. The van der Waals surface area contributed by atoms with Crippen LogP contribution in [0.4, 0.5) is 30.2 Å². The Kier molecular flexibility index (Phi) is 8.05. The van der Waals surface area contributed by atoms with Gasteiger partial charge in [0.25, 0.3) is 5.91 Å². The van der Waals surface area contributed by atoms with Gasteiger partial charge < -0.3 is 26.4 Å². The Morgan fingerprint density at radius 2 is 1.86 bits per heavy atom. The molecule has 3 heterocycles. The summed E-state index contributed by atoms with van der Waals surface area (Å²) in [5.74, 6) is -0.933. The molecule has 3 atom stereocenters. The fraction of sp³-hybridized carbons (Fsp3) is 0.300. The molecule has 224 valence electrons. The maximum Gasteiger partial charge on any atom is 0.416 e. The lowest BCUT2D eigenvalue weighted by Gasteiger charge is -2.47. The van der Waals surface area contributed by atoms with Crippen molar-refractivity contribution in [3.8, 4) is 0 Å². The van der Waals surface area contributed by atoms with Crippen molar-refractivity contribution >= 4 is 51.0 Å². The normalized spacial score (nSPS) is 20.9. The highest BCUT2D eigenvalue weighted by molar-refractivity contribution is 7.12. The molecule has 43 heavy (non-hydrogen) atoms. The Labute approximate surface area is 249 Å². The molecule has 1 saturated carbocycles. The largest absolute Gasteiger partial charge is 0.416 e. The third-order valence-corrected chi connectivity index (χ3v) is 8.65. The number of nitrogens with one attached hydrogen (secondary N) is 4. The van der Waals surface area contributed by atoms with Crippen LogP contribution < -0.4 is 21.3 Å². The second kappa shape index (κ2) is 11.9. The van der Waals surface area contributed by atoms with Crippen LogP contribution in [-0.2, 0) is 17.5 Å². The summed E-state index contributed by atoms with van der Waals surface area (Å²) >= 11 is 1.16. The lowest BCUT2D eigenvalue weighted by atomic mass is 9.79. The van der Waals surface area contributed by atoms with Crippen LogP contribution in [0.15, 0.2) is 66.2 Å². The van der Waals surface area contributed by atoms with Crippen LogP contribution in [0.3, 0.4) is 0 Å². The average Bonchev–Trinajstić information content (AvgIpc) is 3.48. The minimum Gasteiger partial charge on any atom is -0.383 e. The summed E-state index contributed by atoms with van der Waals surface area (Å²) in [4.78, 5) is 32.3. The van der Waals surface area contributed by atoms with Crippen LogP contribution in [0.2, 0.25) is 0 Å². The fourth-order valence-electron chi connectivity index (χ4n) is 5.56. The van der Waals surface area contributed by atoms with E-state index >= 15 is 0 Å². The molecule has 0 bridgehead atoms. The van der Waals surface area contributed by atoms with Crippen molar-refractivity contribution in [1.82, 2.24) is 15.2 Å². The smallest absolute Gasteiger partial charge is 0.383 e. The van der Waals surface area contributed by atoms with Crippen molar-refractivity contribution in [3.05, 3.63) is 82.2 Å². The van der Waals surface area contributed by atoms with Gasteiger partial charge in [0.1, 0.15) is 11.0 Å². The van der Waals surface area contributed by atoms with Gasteiger partial charge in [0.05, 0.1) is 28.9 Å². The molecule has 1 saturated heterocycles. The number of alkyl halides is 3. The lowest BCUT2D eigenvalue weighted by Crippen LogP contribution is -2.72. The van der Waals surface area contributed by atoms with E-state index < -0.39 is 35.8 Å². The summed E-state index contributed by atoms with van der Waals surface area (Å²) in [7, 11) is 0. The SMILES string of the molecule is O=C(Nc1cc(NC2C(O)C(=O)C2N2CCNCC2)cc(C(F)(F)F)c1)c1sccc1NCc1ccnc2ccccc12. The van der Waals surface area contributed by atoms with Crippen LogP contribution in [-0.4, -0.2) is 71.0 Å². The number of para-hydroxylation sites is 1. The molecule has 0 spiro atoms. The first-order valence-electron chi connectivity index (χ1n) is 13.8. The molecule has 5 N–H and O–H groups in total. The summed E-state index contributed by atoms with van der Waals surface area (Å²) in [5, 5.41) is 25.1. The molecule has 3 unspecified atom stereocenters. The summed E-state index contributed by atoms with van der Waals surface area (Å²) in [5.41, 5.74) is 1.37.